The first-order valence-electron chi connectivity index (χ1n) is 8.46. The molecule has 2 rings (SSSR count). The second-order valence-electron chi connectivity index (χ2n) is 7.98. The third kappa shape index (κ3) is 4.53. The molecule has 0 bridgehead atoms. The minimum absolute atomic E-state index is 0.433. The highest BCUT2D eigenvalue weighted by Gasteiger charge is 2.39. The van der Waals surface area contributed by atoms with Crippen molar-refractivity contribution in [2.24, 2.45) is 16.7 Å². The molecule has 0 saturated heterocycles. The maximum Gasteiger partial charge on any atom is 0.0934 e. The van der Waals surface area contributed by atoms with E-state index in [2.05, 4.69) is 45.3 Å². The van der Waals surface area contributed by atoms with E-state index in [4.69, 9.17) is 4.98 Å². The molecule has 0 unspecified atom stereocenters. The van der Waals surface area contributed by atoms with E-state index in [-0.39, 0.29) is 0 Å². The fraction of sp³-hybridized carbons (Fsp3) is 0.833. The van der Waals surface area contributed by atoms with E-state index in [0.29, 0.717) is 10.8 Å². The Labute approximate surface area is 134 Å². The van der Waals surface area contributed by atoms with E-state index in [9.17, 15) is 0 Å². The van der Waals surface area contributed by atoms with Crippen molar-refractivity contribution in [2.75, 3.05) is 13.1 Å². The minimum Gasteiger partial charge on any atom is -0.316 e. The SMILES string of the molecule is CCNCC1(Cc2nc(C)cs2)CCC(C(C)(C)C)CC1. The van der Waals surface area contributed by atoms with Crippen LogP contribution in [0.4, 0.5) is 0 Å². The van der Waals surface area contributed by atoms with Crippen molar-refractivity contribution in [2.45, 2.75) is 66.7 Å². The predicted octanol–water partition coefficient (Wildman–Crippen LogP) is 4.83. The van der Waals surface area contributed by atoms with Crippen LogP contribution < -0.4 is 5.32 Å². The van der Waals surface area contributed by atoms with Gasteiger partial charge in [0, 0.05) is 24.0 Å². The summed E-state index contributed by atoms with van der Waals surface area (Å²) in [6.45, 7) is 13.7. The van der Waals surface area contributed by atoms with Crippen LogP contribution in [0.25, 0.3) is 0 Å². The van der Waals surface area contributed by atoms with Gasteiger partial charge in [0.05, 0.1) is 5.01 Å². The number of rotatable bonds is 5. The van der Waals surface area contributed by atoms with Crippen molar-refractivity contribution in [1.29, 1.82) is 0 Å². The summed E-state index contributed by atoms with van der Waals surface area (Å²) in [5.74, 6) is 0.880. The van der Waals surface area contributed by atoms with Crippen LogP contribution in [0.5, 0.6) is 0 Å². The molecule has 1 heterocycles. The lowest BCUT2D eigenvalue weighted by Gasteiger charge is -2.44. The smallest absolute Gasteiger partial charge is 0.0934 e. The standard InChI is InChI=1S/C18H32N2S/c1-6-19-13-18(11-16-20-14(2)12-21-16)9-7-15(8-10-18)17(3,4)5/h12,15,19H,6-11,13H2,1-5H3. The minimum atomic E-state index is 0.433. The third-order valence-corrected chi connectivity index (χ3v) is 6.18. The van der Waals surface area contributed by atoms with Gasteiger partial charge < -0.3 is 5.32 Å². The summed E-state index contributed by atoms with van der Waals surface area (Å²) in [4.78, 5) is 4.72. The number of aryl methyl sites for hydroxylation is 1. The van der Waals surface area contributed by atoms with Gasteiger partial charge in [0.1, 0.15) is 0 Å². The first kappa shape index (κ1) is 17.0. The van der Waals surface area contributed by atoms with Gasteiger partial charge in [0.15, 0.2) is 0 Å². The van der Waals surface area contributed by atoms with Gasteiger partial charge in [0.25, 0.3) is 0 Å². The van der Waals surface area contributed by atoms with Gasteiger partial charge in [-0.25, -0.2) is 4.98 Å². The summed E-state index contributed by atoms with van der Waals surface area (Å²) >= 11 is 1.84. The van der Waals surface area contributed by atoms with Crippen molar-refractivity contribution in [1.82, 2.24) is 10.3 Å². The van der Waals surface area contributed by atoms with Gasteiger partial charge in [-0.05, 0) is 55.9 Å². The van der Waals surface area contributed by atoms with Crippen LogP contribution in [0, 0.1) is 23.7 Å². The van der Waals surface area contributed by atoms with Crippen LogP contribution in [0.3, 0.4) is 0 Å². The van der Waals surface area contributed by atoms with E-state index >= 15 is 0 Å². The summed E-state index contributed by atoms with van der Waals surface area (Å²) in [6, 6.07) is 0. The van der Waals surface area contributed by atoms with Crippen LogP contribution in [-0.4, -0.2) is 18.1 Å². The van der Waals surface area contributed by atoms with Gasteiger partial charge >= 0.3 is 0 Å². The third-order valence-electron chi connectivity index (χ3n) is 5.21. The van der Waals surface area contributed by atoms with E-state index < -0.39 is 0 Å². The molecule has 1 aliphatic rings. The second kappa shape index (κ2) is 6.78. The molecule has 0 radical (unpaired) electrons. The number of nitrogens with zero attached hydrogens (tertiary/aromatic N) is 1. The van der Waals surface area contributed by atoms with Crippen LogP contribution in [0.1, 0.15) is 64.1 Å². The highest BCUT2D eigenvalue weighted by atomic mass is 32.1. The summed E-state index contributed by atoms with van der Waals surface area (Å²) in [5, 5.41) is 7.14. The Balaban J connectivity index is 2.05. The quantitative estimate of drug-likeness (QED) is 0.843. The molecule has 0 spiro atoms. The van der Waals surface area contributed by atoms with E-state index in [0.717, 1.165) is 25.4 Å². The first-order valence-corrected chi connectivity index (χ1v) is 9.34. The number of aromatic nitrogens is 1. The van der Waals surface area contributed by atoms with E-state index in [1.807, 2.05) is 11.3 Å². The lowest BCUT2D eigenvalue weighted by molar-refractivity contribution is 0.0865. The van der Waals surface area contributed by atoms with E-state index in [1.54, 1.807) is 0 Å². The Morgan fingerprint density at radius 1 is 1.33 bits per heavy atom. The molecular formula is C18H32N2S. The summed E-state index contributed by atoms with van der Waals surface area (Å²) < 4.78 is 0. The first-order chi connectivity index (χ1) is 9.85. The Morgan fingerprint density at radius 2 is 2.00 bits per heavy atom. The molecule has 0 atom stereocenters. The average Bonchev–Trinajstić information content (AvgIpc) is 2.81. The zero-order chi connectivity index (χ0) is 15.5. The van der Waals surface area contributed by atoms with Crippen LogP contribution in [-0.2, 0) is 6.42 Å². The number of hydrogen-bond donors (Lipinski definition) is 1. The van der Waals surface area contributed by atoms with Crippen molar-refractivity contribution < 1.29 is 0 Å². The van der Waals surface area contributed by atoms with Crippen LogP contribution in [0.2, 0.25) is 0 Å². The fourth-order valence-electron chi connectivity index (χ4n) is 3.71. The van der Waals surface area contributed by atoms with Crippen molar-refractivity contribution in [3.05, 3.63) is 16.1 Å². The Kier molecular flexibility index (Phi) is 5.48. The summed E-state index contributed by atoms with van der Waals surface area (Å²) in [5.41, 5.74) is 2.07. The largest absolute Gasteiger partial charge is 0.316 e. The van der Waals surface area contributed by atoms with Gasteiger partial charge in [-0.2, -0.15) is 0 Å². The lowest BCUT2D eigenvalue weighted by atomic mass is 9.63. The van der Waals surface area contributed by atoms with Crippen molar-refractivity contribution in [3.63, 3.8) is 0 Å². The normalized spacial score (nSPS) is 27.0. The molecule has 1 aromatic heterocycles. The molecule has 2 nitrogen and oxygen atoms in total. The maximum absolute atomic E-state index is 4.72. The van der Waals surface area contributed by atoms with Gasteiger partial charge in [-0.1, -0.05) is 27.7 Å². The molecule has 1 aromatic rings. The molecule has 21 heavy (non-hydrogen) atoms. The summed E-state index contributed by atoms with van der Waals surface area (Å²) in [7, 11) is 0. The van der Waals surface area contributed by atoms with Crippen molar-refractivity contribution >= 4 is 11.3 Å². The highest BCUT2D eigenvalue weighted by molar-refractivity contribution is 7.09. The Bertz CT molecular complexity index is 436. The molecule has 120 valence electrons. The Hall–Kier alpha value is -0.410. The Morgan fingerprint density at radius 3 is 2.48 bits per heavy atom. The van der Waals surface area contributed by atoms with Gasteiger partial charge in [-0.15, -0.1) is 11.3 Å². The fourth-order valence-corrected chi connectivity index (χ4v) is 4.65. The summed E-state index contributed by atoms with van der Waals surface area (Å²) in [6.07, 6.45) is 6.61. The van der Waals surface area contributed by atoms with E-state index in [1.165, 1.54) is 36.4 Å². The monoisotopic (exact) mass is 308 g/mol. The molecule has 1 saturated carbocycles. The number of nitrogens with one attached hydrogen (secondary N) is 1. The predicted molar refractivity (Wildman–Crippen MR) is 92.9 cm³/mol. The molecule has 1 N–H and O–H groups in total. The number of thiazole rings is 1. The topological polar surface area (TPSA) is 24.9 Å². The molecule has 0 aromatic carbocycles. The molecule has 0 aliphatic heterocycles. The highest BCUT2D eigenvalue weighted by Crippen LogP contribution is 2.46. The number of hydrogen-bond acceptors (Lipinski definition) is 3. The molecular weight excluding hydrogens is 276 g/mol. The van der Waals surface area contributed by atoms with Gasteiger partial charge in [0.2, 0.25) is 0 Å². The maximum atomic E-state index is 4.72. The van der Waals surface area contributed by atoms with Crippen molar-refractivity contribution in [3.8, 4) is 0 Å². The van der Waals surface area contributed by atoms with Crippen LogP contribution >= 0.6 is 11.3 Å². The van der Waals surface area contributed by atoms with Crippen LogP contribution in [0.15, 0.2) is 5.38 Å². The zero-order valence-electron chi connectivity index (χ0n) is 14.5. The van der Waals surface area contributed by atoms with Gasteiger partial charge in [-0.3, -0.25) is 0 Å². The lowest BCUT2D eigenvalue weighted by Crippen LogP contribution is -2.41. The molecule has 1 fully saturated rings. The average molecular weight is 309 g/mol. The second-order valence-corrected chi connectivity index (χ2v) is 8.92. The molecule has 0 amide bonds. The zero-order valence-corrected chi connectivity index (χ0v) is 15.3. The molecule has 1 aliphatic carbocycles. The molecule has 3 heteroatoms.